The van der Waals surface area contributed by atoms with Crippen LogP contribution in [0.1, 0.15) is 231 Å². The first-order valence-corrected chi connectivity index (χ1v) is 28.0. The van der Waals surface area contributed by atoms with Gasteiger partial charge >= 0.3 is 0 Å². The van der Waals surface area contributed by atoms with Gasteiger partial charge in [-0.05, 0) is 108 Å². The third-order valence-electron chi connectivity index (χ3n) is 13.8. The third-order valence-corrected chi connectivity index (χ3v) is 13.8. The standard InChI is InChI=1S/C61H100N4O2/c1-6-7-8-9-10-11-12-13-14-16-19-22-27-38-55(3)64(50-35-26-37-52-67-51-36-25-33-48-63-57(5)66)49-34-24-21-18-15-17-20-23-32-47-62-54(2)43-44-56(4)65-53-60-41-29-28-39-58(60)45-46-59-40-30-31-42-61(59)65/h28,30-31,39-40,42,62H,2-4,6-27,29,32-38,41,43-44,47-53H2,1,5H3,(H,63,66). The van der Waals surface area contributed by atoms with Gasteiger partial charge in [0.1, 0.15) is 0 Å². The Balaban J connectivity index is 1.22. The number of unbranched alkanes of at least 4 members (excludes halogenated alkanes) is 24. The zero-order valence-electron chi connectivity index (χ0n) is 43.6. The first-order chi connectivity index (χ1) is 32.9. The number of anilines is 1. The molecule has 1 aromatic rings. The first-order valence-electron chi connectivity index (χ1n) is 28.0. The molecule has 1 aromatic carbocycles. The average Bonchev–Trinajstić information content (AvgIpc) is 3.32. The number of hydrogen-bond acceptors (Lipinski definition) is 5. The second-order valence-corrected chi connectivity index (χ2v) is 19.9. The molecule has 0 aromatic heterocycles. The minimum atomic E-state index is 0.0598. The summed E-state index contributed by atoms with van der Waals surface area (Å²) < 4.78 is 5.92. The number of allylic oxidation sites excluding steroid dienone is 6. The molecule has 0 unspecified atom stereocenters. The molecule has 1 aliphatic heterocycles. The molecule has 0 atom stereocenters. The van der Waals surface area contributed by atoms with Crippen LogP contribution in [0.2, 0.25) is 0 Å². The molecule has 0 spiro atoms. The largest absolute Gasteiger partial charge is 0.389 e. The highest BCUT2D eigenvalue weighted by atomic mass is 16.5. The highest BCUT2D eigenvalue weighted by molar-refractivity contribution is 5.72. The summed E-state index contributed by atoms with van der Waals surface area (Å²) in [5.74, 6) is 6.93. The highest BCUT2D eigenvalue weighted by Crippen LogP contribution is 2.31. The van der Waals surface area contributed by atoms with Crippen molar-refractivity contribution in [1.29, 1.82) is 0 Å². The summed E-state index contributed by atoms with van der Waals surface area (Å²) in [6, 6.07) is 8.50. The number of carbonyl (C=O) groups excluding carboxylic acids is 1. The van der Waals surface area contributed by atoms with Crippen LogP contribution in [-0.4, -0.2) is 56.7 Å². The summed E-state index contributed by atoms with van der Waals surface area (Å²) in [4.78, 5) is 16.1. The van der Waals surface area contributed by atoms with Gasteiger partial charge in [-0.15, -0.1) is 0 Å². The monoisotopic (exact) mass is 921 g/mol. The maximum Gasteiger partial charge on any atom is 0.216 e. The second kappa shape index (κ2) is 39.2. The van der Waals surface area contributed by atoms with Gasteiger partial charge < -0.3 is 25.2 Å². The van der Waals surface area contributed by atoms with Crippen LogP contribution in [-0.2, 0) is 9.53 Å². The molecule has 67 heavy (non-hydrogen) atoms. The van der Waals surface area contributed by atoms with Gasteiger partial charge in [0, 0.05) is 81.1 Å². The number of ether oxygens (including phenoxy) is 1. The van der Waals surface area contributed by atoms with Gasteiger partial charge in [-0.1, -0.05) is 185 Å². The number of carbonyl (C=O) groups is 1. The van der Waals surface area contributed by atoms with Crippen molar-refractivity contribution >= 4 is 11.6 Å². The van der Waals surface area contributed by atoms with E-state index in [4.69, 9.17) is 4.74 Å². The Hall–Kier alpha value is -3.69. The number of amides is 1. The van der Waals surface area contributed by atoms with E-state index in [-0.39, 0.29) is 5.91 Å². The predicted octanol–water partition coefficient (Wildman–Crippen LogP) is 16.2. The lowest BCUT2D eigenvalue weighted by atomic mass is 9.94. The number of nitrogens with zero attached hydrogens (tertiary/aromatic N) is 2. The number of benzene rings is 1. The van der Waals surface area contributed by atoms with E-state index in [0.717, 1.165) is 121 Å². The van der Waals surface area contributed by atoms with Gasteiger partial charge in [-0.2, -0.15) is 0 Å². The molecule has 0 saturated carbocycles. The molecule has 1 aliphatic carbocycles. The summed E-state index contributed by atoms with van der Waals surface area (Å²) >= 11 is 0. The van der Waals surface area contributed by atoms with E-state index in [1.807, 2.05) is 0 Å². The summed E-state index contributed by atoms with van der Waals surface area (Å²) in [7, 11) is 0. The van der Waals surface area contributed by atoms with Crippen LogP contribution < -0.4 is 15.5 Å². The van der Waals surface area contributed by atoms with Crippen molar-refractivity contribution in [1.82, 2.24) is 15.5 Å². The fourth-order valence-corrected chi connectivity index (χ4v) is 9.45. The Morgan fingerprint density at radius 1 is 0.642 bits per heavy atom. The van der Waals surface area contributed by atoms with Crippen molar-refractivity contribution < 1.29 is 9.53 Å². The maximum absolute atomic E-state index is 11.0. The van der Waals surface area contributed by atoms with Crippen LogP contribution in [0.4, 0.5) is 5.69 Å². The first kappa shape index (κ1) is 57.6. The van der Waals surface area contributed by atoms with Crippen molar-refractivity contribution in [3.05, 3.63) is 90.0 Å². The van der Waals surface area contributed by atoms with Gasteiger partial charge in [0.25, 0.3) is 0 Å². The maximum atomic E-state index is 11.0. The van der Waals surface area contributed by atoms with Gasteiger partial charge in [-0.3, -0.25) is 4.79 Å². The van der Waals surface area contributed by atoms with Crippen molar-refractivity contribution in [3.8, 4) is 11.8 Å². The number of fused-ring (bicyclic) bond motifs is 1. The minimum absolute atomic E-state index is 0.0598. The van der Waals surface area contributed by atoms with Gasteiger partial charge in [0.15, 0.2) is 0 Å². The number of para-hydroxylation sites is 1. The van der Waals surface area contributed by atoms with E-state index >= 15 is 0 Å². The molecule has 0 saturated heterocycles. The fraction of sp³-hybridized carbons (Fsp3) is 0.689. The summed E-state index contributed by atoms with van der Waals surface area (Å²) in [5.41, 5.74) is 8.47. The van der Waals surface area contributed by atoms with E-state index in [1.165, 1.54) is 177 Å². The Morgan fingerprint density at radius 2 is 1.18 bits per heavy atom. The van der Waals surface area contributed by atoms with Crippen molar-refractivity contribution in [3.63, 3.8) is 0 Å². The molecule has 0 fully saturated rings. The topological polar surface area (TPSA) is 56.8 Å². The van der Waals surface area contributed by atoms with Gasteiger partial charge in [0.2, 0.25) is 5.91 Å². The number of rotatable bonds is 44. The molecule has 0 radical (unpaired) electrons. The lowest BCUT2D eigenvalue weighted by Crippen LogP contribution is -2.27. The smallest absolute Gasteiger partial charge is 0.216 e. The van der Waals surface area contributed by atoms with E-state index in [1.54, 1.807) is 6.92 Å². The molecular formula is C61H100N4O2. The molecule has 1 amide bonds. The molecule has 2 aliphatic rings. The zero-order valence-corrected chi connectivity index (χ0v) is 43.6. The van der Waals surface area contributed by atoms with Crippen molar-refractivity contribution in [2.24, 2.45) is 0 Å². The van der Waals surface area contributed by atoms with Gasteiger partial charge in [0.05, 0.1) is 5.69 Å². The average molecular weight is 921 g/mol. The molecule has 6 heteroatoms. The normalized spacial score (nSPS) is 13.0. The van der Waals surface area contributed by atoms with Crippen LogP contribution >= 0.6 is 0 Å². The molecule has 376 valence electrons. The summed E-state index contributed by atoms with van der Waals surface area (Å²) in [6.07, 6.45) is 46.4. The Labute approximate surface area is 413 Å². The van der Waals surface area contributed by atoms with E-state index in [9.17, 15) is 4.79 Å². The van der Waals surface area contributed by atoms with Crippen LogP contribution in [0.15, 0.2) is 84.4 Å². The van der Waals surface area contributed by atoms with E-state index in [0.29, 0.717) is 0 Å². The quantitative estimate of drug-likeness (QED) is 0.0504. The fourth-order valence-electron chi connectivity index (χ4n) is 9.45. The third kappa shape index (κ3) is 28.4. The molecule has 6 nitrogen and oxygen atoms in total. The number of nitrogens with one attached hydrogen (secondary N) is 2. The molecule has 3 rings (SSSR count). The number of hydrogen-bond donors (Lipinski definition) is 2. The predicted molar refractivity (Wildman–Crippen MR) is 291 cm³/mol. The van der Waals surface area contributed by atoms with Crippen molar-refractivity contribution in [2.75, 3.05) is 50.8 Å². The second-order valence-electron chi connectivity index (χ2n) is 19.9. The Bertz CT molecular complexity index is 1630. The summed E-state index contributed by atoms with van der Waals surface area (Å²) in [5, 5.41) is 6.49. The lowest BCUT2D eigenvalue weighted by Gasteiger charge is -2.31. The Morgan fingerprint density at radius 3 is 1.81 bits per heavy atom. The van der Waals surface area contributed by atoms with E-state index < -0.39 is 0 Å². The van der Waals surface area contributed by atoms with Crippen molar-refractivity contribution in [2.45, 2.75) is 226 Å². The molecule has 0 bridgehead atoms. The minimum Gasteiger partial charge on any atom is -0.389 e. The molecule has 2 N–H and O–H groups in total. The highest BCUT2D eigenvalue weighted by Gasteiger charge is 2.20. The lowest BCUT2D eigenvalue weighted by molar-refractivity contribution is -0.118. The molecular weight excluding hydrogens is 821 g/mol. The van der Waals surface area contributed by atoms with Crippen LogP contribution in [0.3, 0.4) is 0 Å². The zero-order chi connectivity index (χ0) is 47.8. The molecule has 1 heterocycles. The van der Waals surface area contributed by atoms with Crippen LogP contribution in [0.5, 0.6) is 0 Å². The summed E-state index contributed by atoms with van der Waals surface area (Å²) in [6.45, 7) is 24.1. The van der Waals surface area contributed by atoms with Crippen LogP contribution in [0, 0.1) is 11.8 Å². The van der Waals surface area contributed by atoms with Crippen LogP contribution in [0.25, 0.3) is 0 Å². The van der Waals surface area contributed by atoms with E-state index in [2.05, 4.69) is 95.4 Å². The SMILES string of the molecule is C=C(CCC(=C)N1CC2=C(C#Cc3ccccc31)C=CCC2)NCCCCCCCCCCCN(CCCCCOCCCCCNC(C)=O)C(=C)CCCCCCCCCCCCCCC. The van der Waals surface area contributed by atoms with Gasteiger partial charge in [-0.25, -0.2) is 0 Å². The Kier molecular flexibility index (Phi) is 33.7.